The molecular formula is C16H13ClN4O3. The van der Waals surface area contributed by atoms with E-state index in [4.69, 9.17) is 11.6 Å². The molecule has 3 rings (SSSR count). The third kappa shape index (κ3) is 2.81. The number of aryl methyl sites for hydroxylation is 1. The Hall–Kier alpha value is -2.93. The minimum atomic E-state index is -0.635. The zero-order valence-electron chi connectivity index (χ0n) is 12.7. The molecule has 1 N–H and O–H groups in total. The fraction of sp³-hybridized carbons (Fsp3) is 0.125. The van der Waals surface area contributed by atoms with Gasteiger partial charge in [0.2, 0.25) is 5.95 Å². The van der Waals surface area contributed by atoms with Crippen molar-refractivity contribution in [1.29, 1.82) is 0 Å². The smallest absolute Gasteiger partial charge is 0.283 e. The van der Waals surface area contributed by atoms with E-state index >= 15 is 0 Å². The quantitative estimate of drug-likeness (QED) is 0.574. The highest BCUT2D eigenvalue weighted by atomic mass is 35.5. The summed E-state index contributed by atoms with van der Waals surface area (Å²) in [6.07, 6.45) is 0. The number of hydrogen-bond acceptors (Lipinski definition) is 4. The van der Waals surface area contributed by atoms with E-state index in [1.807, 2.05) is 35.8 Å². The molecule has 0 saturated carbocycles. The molecule has 0 aliphatic carbocycles. The number of para-hydroxylation sites is 2. The van der Waals surface area contributed by atoms with Crippen molar-refractivity contribution < 1.29 is 9.72 Å². The molecule has 0 radical (unpaired) electrons. The number of fused-ring (bicyclic) bond motifs is 1. The maximum absolute atomic E-state index is 12.5. The van der Waals surface area contributed by atoms with Crippen LogP contribution in [0, 0.1) is 10.1 Å². The number of hydrogen-bond donors (Lipinski definition) is 1. The summed E-state index contributed by atoms with van der Waals surface area (Å²) in [7, 11) is 0. The van der Waals surface area contributed by atoms with Crippen molar-refractivity contribution in [3.8, 4) is 0 Å². The summed E-state index contributed by atoms with van der Waals surface area (Å²) >= 11 is 5.77. The van der Waals surface area contributed by atoms with Crippen molar-refractivity contribution in [2.45, 2.75) is 13.5 Å². The van der Waals surface area contributed by atoms with Crippen LogP contribution in [-0.2, 0) is 6.54 Å². The van der Waals surface area contributed by atoms with Crippen LogP contribution in [0.25, 0.3) is 11.0 Å². The number of nitro groups is 1. The normalized spacial score (nSPS) is 10.8. The molecule has 0 unspecified atom stereocenters. The standard InChI is InChI=1S/C16H13ClN4O3/c1-2-20-13-6-4-3-5-12(13)18-16(20)19-15(22)11-8-7-10(17)9-14(11)21(23)24/h3-9H,2H2,1H3,(H,18,19,22). The summed E-state index contributed by atoms with van der Waals surface area (Å²) < 4.78 is 1.83. The zero-order chi connectivity index (χ0) is 17.3. The van der Waals surface area contributed by atoms with Gasteiger partial charge in [0.25, 0.3) is 11.6 Å². The molecule has 2 aromatic carbocycles. The van der Waals surface area contributed by atoms with E-state index in [1.54, 1.807) is 0 Å². The molecule has 0 atom stereocenters. The van der Waals surface area contributed by atoms with E-state index in [1.165, 1.54) is 12.1 Å². The number of nitrogens with one attached hydrogen (secondary N) is 1. The number of aromatic nitrogens is 2. The monoisotopic (exact) mass is 344 g/mol. The number of benzene rings is 2. The first-order valence-electron chi connectivity index (χ1n) is 7.22. The minimum absolute atomic E-state index is 0.0703. The van der Waals surface area contributed by atoms with Gasteiger partial charge in [0, 0.05) is 17.6 Å². The van der Waals surface area contributed by atoms with Crippen molar-refractivity contribution in [3.05, 3.63) is 63.2 Å². The van der Waals surface area contributed by atoms with Crippen LogP contribution in [0.15, 0.2) is 42.5 Å². The Balaban J connectivity index is 2.00. The number of nitro benzene ring substituents is 1. The van der Waals surface area contributed by atoms with Crippen LogP contribution in [0.1, 0.15) is 17.3 Å². The van der Waals surface area contributed by atoms with Crippen molar-refractivity contribution >= 4 is 40.2 Å². The minimum Gasteiger partial charge on any atom is -0.310 e. The van der Waals surface area contributed by atoms with Gasteiger partial charge in [-0.2, -0.15) is 0 Å². The molecule has 122 valence electrons. The third-order valence-corrected chi connectivity index (χ3v) is 3.83. The Bertz CT molecular complexity index is 952. The van der Waals surface area contributed by atoms with Crippen LogP contribution in [-0.4, -0.2) is 20.4 Å². The van der Waals surface area contributed by atoms with E-state index in [0.717, 1.165) is 17.1 Å². The summed E-state index contributed by atoms with van der Waals surface area (Å²) in [6.45, 7) is 2.52. The summed E-state index contributed by atoms with van der Waals surface area (Å²) in [4.78, 5) is 27.4. The van der Waals surface area contributed by atoms with Gasteiger partial charge in [-0.05, 0) is 31.2 Å². The third-order valence-electron chi connectivity index (χ3n) is 3.60. The van der Waals surface area contributed by atoms with Crippen LogP contribution in [0.5, 0.6) is 0 Å². The molecule has 1 heterocycles. The molecule has 8 heteroatoms. The summed E-state index contributed by atoms with van der Waals surface area (Å²) in [5.74, 6) is -0.267. The van der Waals surface area contributed by atoms with Gasteiger partial charge < -0.3 is 4.57 Å². The number of nitrogens with zero attached hydrogens (tertiary/aromatic N) is 3. The van der Waals surface area contributed by atoms with Crippen LogP contribution in [0.2, 0.25) is 5.02 Å². The van der Waals surface area contributed by atoms with Crippen molar-refractivity contribution in [1.82, 2.24) is 9.55 Å². The second kappa shape index (κ2) is 6.29. The van der Waals surface area contributed by atoms with Gasteiger partial charge in [-0.3, -0.25) is 20.2 Å². The lowest BCUT2D eigenvalue weighted by molar-refractivity contribution is -0.385. The van der Waals surface area contributed by atoms with Crippen molar-refractivity contribution in [2.24, 2.45) is 0 Å². The predicted molar refractivity (Wildman–Crippen MR) is 91.5 cm³/mol. The average Bonchev–Trinajstić information content (AvgIpc) is 2.91. The topological polar surface area (TPSA) is 90.1 Å². The first kappa shape index (κ1) is 15.9. The second-order valence-corrected chi connectivity index (χ2v) is 5.48. The summed E-state index contributed by atoms with van der Waals surface area (Å²) in [6, 6.07) is 11.4. The first-order chi connectivity index (χ1) is 11.5. The molecule has 1 aromatic heterocycles. The van der Waals surface area contributed by atoms with E-state index in [0.29, 0.717) is 12.5 Å². The lowest BCUT2D eigenvalue weighted by atomic mass is 10.1. The molecule has 3 aromatic rings. The molecule has 0 aliphatic rings. The molecule has 0 aliphatic heterocycles. The number of halogens is 1. The van der Waals surface area contributed by atoms with Gasteiger partial charge >= 0.3 is 0 Å². The summed E-state index contributed by atoms with van der Waals surface area (Å²) in [5.41, 5.74) is 1.19. The van der Waals surface area contributed by atoms with E-state index in [2.05, 4.69) is 10.3 Å². The lowest BCUT2D eigenvalue weighted by Crippen LogP contribution is -2.17. The highest BCUT2D eigenvalue weighted by Crippen LogP contribution is 2.25. The second-order valence-electron chi connectivity index (χ2n) is 5.04. The number of rotatable bonds is 4. The molecule has 7 nitrogen and oxygen atoms in total. The van der Waals surface area contributed by atoms with Crippen LogP contribution >= 0.6 is 11.6 Å². The van der Waals surface area contributed by atoms with Gasteiger partial charge in [-0.1, -0.05) is 23.7 Å². The van der Waals surface area contributed by atoms with Crippen LogP contribution in [0.4, 0.5) is 11.6 Å². The maximum atomic E-state index is 12.5. The van der Waals surface area contributed by atoms with Gasteiger partial charge in [0.05, 0.1) is 16.0 Å². The molecule has 0 fully saturated rings. The van der Waals surface area contributed by atoms with Gasteiger partial charge in [0.15, 0.2) is 0 Å². The maximum Gasteiger partial charge on any atom is 0.283 e. The van der Waals surface area contributed by atoms with Crippen LogP contribution in [0.3, 0.4) is 0 Å². The fourth-order valence-electron chi connectivity index (χ4n) is 2.51. The number of carbonyl (C=O) groups excluding carboxylic acids is 1. The summed E-state index contributed by atoms with van der Waals surface area (Å²) in [5, 5.41) is 14.0. The lowest BCUT2D eigenvalue weighted by Gasteiger charge is -2.08. The van der Waals surface area contributed by atoms with E-state index in [-0.39, 0.29) is 16.3 Å². The predicted octanol–water partition coefficient (Wildman–Crippen LogP) is 3.87. The average molecular weight is 345 g/mol. The fourth-order valence-corrected chi connectivity index (χ4v) is 2.67. The highest BCUT2D eigenvalue weighted by molar-refractivity contribution is 6.31. The Morgan fingerprint density at radius 1 is 1.33 bits per heavy atom. The zero-order valence-corrected chi connectivity index (χ0v) is 13.4. The van der Waals surface area contributed by atoms with Gasteiger partial charge in [-0.25, -0.2) is 4.98 Å². The Morgan fingerprint density at radius 3 is 2.79 bits per heavy atom. The Labute approximate surface area is 142 Å². The SMILES string of the molecule is CCn1c(NC(=O)c2ccc(Cl)cc2[N+](=O)[O-])nc2ccccc21. The molecule has 24 heavy (non-hydrogen) atoms. The van der Waals surface area contributed by atoms with E-state index in [9.17, 15) is 14.9 Å². The Morgan fingerprint density at radius 2 is 2.08 bits per heavy atom. The Kier molecular flexibility index (Phi) is 4.18. The highest BCUT2D eigenvalue weighted by Gasteiger charge is 2.22. The molecule has 1 amide bonds. The van der Waals surface area contributed by atoms with Crippen molar-refractivity contribution in [3.63, 3.8) is 0 Å². The van der Waals surface area contributed by atoms with Gasteiger partial charge in [0.1, 0.15) is 5.56 Å². The molecular weight excluding hydrogens is 332 g/mol. The first-order valence-corrected chi connectivity index (χ1v) is 7.59. The number of imidazole rings is 1. The molecule has 0 spiro atoms. The molecule has 0 bridgehead atoms. The molecule has 0 saturated heterocycles. The van der Waals surface area contributed by atoms with Gasteiger partial charge in [-0.15, -0.1) is 0 Å². The number of carbonyl (C=O) groups is 1. The number of anilines is 1. The van der Waals surface area contributed by atoms with Crippen LogP contribution < -0.4 is 5.32 Å². The number of amides is 1. The van der Waals surface area contributed by atoms with E-state index < -0.39 is 10.8 Å². The van der Waals surface area contributed by atoms with Crippen molar-refractivity contribution in [2.75, 3.05) is 5.32 Å². The largest absolute Gasteiger partial charge is 0.310 e.